The third kappa shape index (κ3) is 1.47. The normalized spacial score (nSPS) is 10.6. The number of fused-ring (bicyclic) bond motifs is 1. The molecule has 0 unspecified atom stereocenters. The van der Waals surface area contributed by atoms with Gasteiger partial charge in [0, 0.05) is 20.5 Å². The fraction of sp³-hybridized carbons (Fsp3) is 0. The van der Waals surface area contributed by atoms with Crippen LogP contribution in [0, 0.1) is 0 Å². The first-order valence-corrected chi connectivity index (χ1v) is 5.22. The van der Waals surface area contributed by atoms with Gasteiger partial charge in [0.2, 0.25) is 0 Å². The molecule has 0 radical (unpaired) electrons. The number of carbonyl (C=O) groups is 1. The predicted octanol–water partition coefficient (Wildman–Crippen LogP) is 3.66. The Morgan fingerprint density at radius 3 is 2.92 bits per heavy atom. The van der Waals surface area contributed by atoms with Crippen LogP contribution in [0.2, 0.25) is 4.34 Å². The second-order valence-electron chi connectivity index (χ2n) is 2.59. The van der Waals surface area contributed by atoms with Crippen LogP contribution in [0.25, 0.3) is 10.1 Å². The number of thiophene rings is 1. The van der Waals surface area contributed by atoms with Crippen LogP contribution in [0.4, 0.5) is 0 Å². The van der Waals surface area contributed by atoms with Gasteiger partial charge >= 0.3 is 0 Å². The Morgan fingerprint density at radius 1 is 1.46 bits per heavy atom. The molecular formula is C9H5ClOS2. The molecule has 0 saturated carbocycles. The summed E-state index contributed by atoms with van der Waals surface area (Å²) in [5, 5.41) is 0.887. The minimum absolute atomic E-state index is 0.663. The number of hydrogen-bond donors (Lipinski definition) is 1. The van der Waals surface area contributed by atoms with Crippen molar-refractivity contribution in [3.63, 3.8) is 0 Å². The Balaban J connectivity index is 2.91. The summed E-state index contributed by atoms with van der Waals surface area (Å²) in [5.74, 6) is 0. The number of benzene rings is 1. The van der Waals surface area contributed by atoms with E-state index in [1.54, 1.807) is 12.1 Å². The van der Waals surface area contributed by atoms with Crippen LogP contribution in [-0.4, -0.2) is 6.29 Å². The summed E-state index contributed by atoms with van der Waals surface area (Å²) < 4.78 is 1.65. The first-order valence-electron chi connectivity index (χ1n) is 3.58. The molecule has 0 amide bonds. The average Bonchev–Trinajstić information content (AvgIpc) is 2.48. The van der Waals surface area contributed by atoms with E-state index in [1.807, 2.05) is 6.07 Å². The highest BCUT2D eigenvalue weighted by Gasteiger charge is 2.06. The molecule has 1 aromatic carbocycles. The zero-order valence-corrected chi connectivity index (χ0v) is 8.92. The molecule has 2 rings (SSSR count). The Hall–Kier alpha value is -0.510. The van der Waals surface area contributed by atoms with Crippen LogP contribution >= 0.6 is 35.6 Å². The molecule has 0 atom stereocenters. The van der Waals surface area contributed by atoms with Gasteiger partial charge in [0.25, 0.3) is 0 Å². The van der Waals surface area contributed by atoms with Gasteiger partial charge in [0.15, 0.2) is 6.29 Å². The third-order valence-electron chi connectivity index (χ3n) is 1.79. The molecule has 66 valence electrons. The van der Waals surface area contributed by atoms with E-state index >= 15 is 0 Å². The van der Waals surface area contributed by atoms with Crippen LogP contribution < -0.4 is 0 Å². The molecule has 0 fully saturated rings. The van der Waals surface area contributed by atoms with E-state index < -0.39 is 0 Å². The molecule has 0 N–H and O–H groups in total. The van der Waals surface area contributed by atoms with E-state index in [4.69, 9.17) is 11.6 Å². The molecule has 0 aliphatic heterocycles. The van der Waals surface area contributed by atoms with Gasteiger partial charge in [0.05, 0.1) is 4.34 Å². The topological polar surface area (TPSA) is 17.1 Å². The van der Waals surface area contributed by atoms with Crippen LogP contribution in [0.1, 0.15) is 10.4 Å². The number of carbonyl (C=O) groups excluding carboxylic acids is 1. The van der Waals surface area contributed by atoms with Crippen molar-refractivity contribution in [3.8, 4) is 0 Å². The van der Waals surface area contributed by atoms with Crippen molar-refractivity contribution < 1.29 is 4.79 Å². The van der Waals surface area contributed by atoms with E-state index in [0.717, 1.165) is 21.3 Å². The van der Waals surface area contributed by atoms with Gasteiger partial charge in [-0.25, -0.2) is 0 Å². The minimum atomic E-state index is 0.663. The summed E-state index contributed by atoms with van der Waals surface area (Å²) in [5.41, 5.74) is 0.663. The second-order valence-corrected chi connectivity index (χ2v) is 4.75. The minimum Gasteiger partial charge on any atom is -0.298 e. The van der Waals surface area contributed by atoms with Crippen LogP contribution in [0.5, 0.6) is 0 Å². The Labute approximate surface area is 89.7 Å². The second kappa shape index (κ2) is 3.33. The lowest BCUT2D eigenvalue weighted by Gasteiger charge is -1.96. The van der Waals surface area contributed by atoms with Gasteiger partial charge in [-0.3, -0.25) is 4.79 Å². The van der Waals surface area contributed by atoms with Crippen LogP contribution in [0.15, 0.2) is 23.1 Å². The summed E-state index contributed by atoms with van der Waals surface area (Å²) in [6, 6.07) is 5.35. The Kier molecular flexibility index (Phi) is 2.32. The van der Waals surface area contributed by atoms with Gasteiger partial charge in [-0.2, -0.15) is 0 Å². The largest absolute Gasteiger partial charge is 0.298 e. The van der Waals surface area contributed by atoms with Crippen LogP contribution in [0.3, 0.4) is 0 Å². The first kappa shape index (κ1) is 9.06. The number of halogens is 1. The fourth-order valence-corrected chi connectivity index (χ4v) is 2.71. The van der Waals surface area contributed by atoms with Crippen molar-refractivity contribution >= 4 is 51.9 Å². The lowest BCUT2D eigenvalue weighted by Crippen LogP contribution is -1.79. The molecule has 2 aromatic rings. The summed E-state index contributed by atoms with van der Waals surface area (Å²) in [6.07, 6.45) is 0.832. The monoisotopic (exact) mass is 228 g/mol. The first-order chi connectivity index (χ1) is 6.22. The summed E-state index contributed by atoms with van der Waals surface area (Å²) in [7, 11) is 0. The highest BCUT2D eigenvalue weighted by molar-refractivity contribution is 7.80. The van der Waals surface area contributed by atoms with Crippen molar-refractivity contribution in [2.75, 3.05) is 0 Å². The van der Waals surface area contributed by atoms with Crippen molar-refractivity contribution in [3.05, 3.63) is 28.1 Å². The van der Waals surface area contributed by atoms with Crippen molar-refractivity contribution in [1.29, 1.82) is 0 Å². The Bertz CT molecular complexity index is 476. The summed E-state index contributed by atoms with van der Waals surface area (Å²) in [4.78, 5) is 11.5. The molecule has 13 heavy (non-hydrogen) atoms. The molecule has 0 aliphatic carbocycles. The molecule has 0 aliphatic rings. The van der Waals surface area contributed by atoms with E-state index in [1.165, 1.54) is 11.3 Å². The highest BCUT2D eigenvalue weighted by Crippen LogP contribution is 2.35. The molecule has 1 nitrogen and oxygen atoms in total. The van der Waals surface area contributed by atoms with E-state index in [0.29, 0.717) is 9.90 Å². The summed E-state index contributed by atoms with van der Waals surface area (Å²) in [6.45, 7) is 0. The molecule has 0 spiro atoms. The van der Waals surface area contributed by atoms with Crippen molar-refractivity contribution in [2.45, 2.75) is 4.90 Å². The SMILES string of the molecule is O=Cc1ccc(S)c2sc(Cl)cc12. The van der Waals surface area contributed by atoms with Gasteiger partial charge in [0.1, 0.15) is 0 Å². The fourth-order valence-electron chi connectivity index (χ4n) is 1.20. The lowest BCUT2D eigenvalue weighted by atomic mass is 10.1. The smallest absolute Gasteiger partial charge is 0.150 e. The standard InChI is InChI=1S/C9H5ClOS2/c10-8-3-6-5(4-11)1-2-7(12)9(6)13-8/h1-4,12H. The number of rotatable bonds is 1. The van der Waals surface area contributed by atoms with E-state index in [2.05, 4.69) is 12.6 Å². The molecule has 0 saturated heterocycles. The van der Waals surface area contributed by atoms with E-state index in [-0.39, 0.29) is 0 Å². The maximum atomic E-state index is 10.7. The van der Waals surface area contributed by atoms with Gasteiger partial charge in [-0.15, -0.1) is 24.0 Å². The molecule has 1 aromatic heterocycles. The van der Waals surface area contributed by atoms with Crippen LogP contribution in [-0.2, 0) is 0 Å². The lowest BCUT2D eigenvalue weighted by molar-refractivity contribution is 0.112. The predicted molar refractivity (Wildman–Crippen MR) is 59.5 cm³/mol. The number of thiol groups is 1. The van der Waals surface area contributed by atoms with Gasteiger partial charge in [-0.05, 0) is 18.2 Å². The van der Waals surface area contributed by atoms with Gasteiger partial charge < -0.3 is 0 Å². The molecule has 0 bridgehead atoms. The maximum Gasteiger partial charge on any atom is 0.150 e. The molecule has 1 heterocycles. The van der Waals surface area contributed by atoms with E-state index in [9.17, 15) is 4.79 Å². The molecule has 4 heteroatoms. The van der Waals surface area contributed by atoms with Crippen molar-refractivity contribution in [2.24, 2.45) is 0 Å². The average molecular weight is 229 g/mol. The number of hydrogen-bond acceptors (Lipinski definition) is 3. The van der Waals surface area contributed by atoms with Crippen molar-refractivity contribution in [1.82, 2.24) is 0 Å². The highest BCUT2D eigenvalue weighted by atomic mass is 35.5. The third-order valence-corrected chi connectivity index (χ3v) is 3.61. The Morgan fingerprint density at radius 2 is 2.23 bits per heavy atom. The number of aldehydes is 1. The molecular weight excluding hydrogens is 224 g/mol. The zero-order chi connectivity index (χ0) is 9.42. The quantitative estimate of drug-likeness (QED) is 0.582. The van der Waals surface area contributed by atoms with Gasteiger partial charge in [-0.1, -0.05) is 11.6 Å². The summed E-state index contributed by atoms with van der Waals surface area (Å²) >= 11 is 11.6. The zero-order valence-electron chi connectivity index (χ0n) is 6.45. The maximum absolute atomic E-state index is 10.7.